The van der Waals surface area contributed by atoms with Crippen molar-refractivity contribution in [3.8, 4) is 0 Å². The Labute approximate surface area is 155 Å². The SMILES string of the molecule is C[C-](C)C.[CH2-]C(C)(C)C.[CH3-].[CH3-].[CH3-].[Pt].[W+2].[Y]. The first-order valence-corrected chi connectivity index (χ1v) is 3.35. The summed E-state index contributed by atoms with van der Waals surface area (Å²) in [4.78, 5) is 0. The standard InChI is InChI=1S/C5H11.C4H9.3CH3.Pt.W.Y/c1-5(2,3)4;1-4(2)3;;;;;;/h1H2,2-4H3;1-3H3;3*1H3;;;/q5*-1;;+2;. The summed E-state index contributed by atoms with van der Waals surface area (Å²) < 4.78 is 0. The van der Waals surface area contributed by atoms with Crippen LogP contribution in [0.1, 0.15) is 41.5 Å². The minimum atomic E-state index is 0. The number of hydrogen-bond acceptors (Lipinski definition) is 0. The number of hydrogen-bond donors (Lipinski definition) is 0. The van der Waals surface area contributed by atoms with Gasteiger partial charge >= 0.3 is 21.1 Å². The molecule has 0 saturated carbocycles. The van der Waals surface area contributed by atoms with Gasteiger partial charge in [0.25, 0.3) is 0 Å². The van der Waals surface area contributed by atoms with E-state index in [9.17, 15) is 0 Å². The molecule has 0 spiro atoms. The average Bonchev–Trinajstić information content (AvgIpc) is 1.19. The molecule has 0 heterocycles. The molecule has 0 unspecified atom stereocenters. The summed E-state index contributed by atoms with van der Waals surface area (Å²) >= 11 is 0. The van der Waals surface area contributed by atoms with Gasteiger partial charge < -0.3 is 35.1 Å². The summed E-state index contributed by atoms with van der Waals surface area (Å²) in [5.74, 6) is 1.42. The Morgan fingerprint density at radius 1 is 0.867 bits per heavy atom. The maximum atomic E-state index is 3.77. The molecule has 0 aromatic carbocycles. The van der Waals surface area contributed by atoms with E-state index in [1.165, 1.54) is 5.92 Å². The third-order valence-corrected chi connectivity index (χ3v) is 0. The van der Waals surface area contributed by atoms with Gasteiger partial charge in [0.15, 0.2) is 0 Å². The first kappa shape index (κ1) is 52.8. The fourth-order valence-electron chi connectivity index (χ4n) is 0. The largest absolute Gasteiger partial charge is 2.00 e. The minimum absolute atomic E-state index is 0. The second-order valence-electron chi connectivity index (χ2n) is 4.06. The van der Waals surface area contributed by atoms with E-state index in [2.05, 4.69) is 48.5 Å². The smallest absolute Gasteiger partial charge is 0.358 e. The van der Waals surface area contributed by atoms with Crippen LogP contribution in [0, 0.1) is 40.5 Å². The van der Waals surface area contributed by atoms with E-state index in [0.717, 1.165) is 0 Å². The predicted molar refractivity (Wildman–Crippen MR) is 64.3 cm³/mol. The van der Waals surface area contributed by atoms with Crippen LogP contribution in [0.4, 0.5) is 0 Å². The van der Waals surface area contributed by atoms with Crippen molar-refractivity contribution in [1.29, 1.82) is 0 Å². The van der Waals surface area contributed by atoms with Crippen LogP contribution in [0.3, 0.4) is 0 Å². The normalized spacial score (nSPS) is 6.40. The van der Waals surface area contributed by atoms with E-state index in [-0.39, 0.29) is 103 Å². The van der Waals surface area contributed by atoms with Crippen LogP contribution in [-0.4, -0.2) is 0 Å². The second-order valence-corrected chi connectivity index (χ2v) is 4.06. The molecule has 1 radical (unpaired) electrons. The third kappa shape index (κ3) is 562. The van der Waals surface area contributed by atoms with Gasteiger partial charge in [-0.3, -0.25) is 0 Å². The van der Waals surface area contributed by atoms with Crippen molar-refractivity contribution in [3.63, 3.8) is 0 Å². The van der Waals surface area contributed by atoms with Gasteiger partial charge in [-0.2, -0.15) is 26.2 Å². The maximum Gasteiger partial charge on any atom is 2.00 e. The van der Waals surface area contributed by atoms with E-state index < -0.39 is 0 Å². The van der Waals surface area contributed by atoms with Crippen molar-refractivity contribution in [1.82, 2.24) is 0 Å². The monoisotopic (exact) mass is 641 g/mol. The summed E-state index contributed by atoms with van der Waals surface area (Å²) in [6, 6.07) is 0. The van der Waals surface area contributed by atoms with Gasteiger partial charge in [-0.15, -0.1) is 0 Å². The molecule has 0 fully saturated rings. The van der Waals surface area contributed by atoms with Crippen molar-refractivity contribution in [2.75, 3.05) is 0 Å². The second kappa shape index (κ2) is 30.0. The zero-order valence-corrected chi connectivity index (χ0v) is 20.1. The fourth-order valence-corrected chi connectivity index (χ4v) is 0. The molecule has 0 aliphatic rings. The van der Waals surface area contributed by atoms with Gasteiger partial charge in [0.05, 0.1) is 0 Å². The average molecular weight is 641 g/mol. The molecule has 0 rings (SSSR count). The summed E-state index contributed by atoms with van der Waals surface area (Å²) in [5, 5.41) is 0. The third-order valence-electron chi connectivity index (χ3n) is 0. The van der Waals surface area contributed by atoms with Crippen molar-refractivity contribution in [2.24, 2.45) is 5.41 Å². The maximum absolute atomic E-state index is 3.77. The zero-order chi connectivity index (χ0) is 8.08. The molecule has 15 heavy (non-hydrogen) atoms. The predicted octanol–water partition coefficient (Wildman–Crippen LogP) is 4.83. The summed E-state index contributed by atoms with van der Waals surface area (Å²) in [6.45, 7) is 16.2. The van der Waals surface area contributed by atoms with E-state index >= 15 is 0 Å². The number of rotatable bonds is 0. The van der Waals surface area contributed by atoms with E-state index in [1.54, 1.807) is 0 Å². The van der Waals surface area contributed by atoms with Crippen LogP contribution in [0.15, 0.2) is 0 Å². The molecule has 3 heteroatoms. The van der Waals surface area contributed by atoms with E-state index in [1.807, 2.05) is 0 Å². The van der Waals surface area contributed by atoms with Crippen LogP contribution >= 0.6 is 0 Å². The molecule has 0 amide bonds. The van der Waals surface area contributed by atoms with Crippen LogP contribution in [0.2, 0.25) is 0 Å². The van der Waals surface area contributed by atoms with Crippen molar-refractivity contribution in [3.05, 3.63) is 35.1 Å². The Kier molecular flexibility index (Phi) is 106. The Morgan fingerprint density at radius 3 is 0.867 bits per heavy atom. The van der Waals surface area contributed by atoms with Gasteiger partial charge in [-0.05, 0) is 0 Å². The van der Waals surface area contributed by atoms with Crippen LogP contribution in [-0.2, 0) is 74.8 Å². The van der Waals surface area contributed by atoms with Crippen LogP contribution in [0.25, 0.3) is 0 Å². The Hall–Kier alpha value is 2.48. The molecule has 0 saturated heterocycles. The molecule has 0 nitrogen and oxygen atoms in total. The summed E-state index contributed by atoms with van der Waals surface area (Å²) in [7, 11) is 0. The quantitative estimate of drug-likeness (QED) is 0.333. The van der Waals surface area contributed by atoms with Gasteiger partial charge in [-0.25, -0.2) is 0 Å². The van der Waals surface area contributed by atoms with E-state index in [4.69, 9.17) is 0 Å². The molecule has 0 N–H and O–H groups in total. The van der Waals surface area contributed by atoms with Gasteiger partial charge in [0.1, 0.15) is 0 Å². The van der Waals surface area contributed by atoms with Crippen molar-refractivity contribution in [2.45, 2.75) is 41.5 Å². The molecular formula is C12H29PtWY-3. The molecule has 0 aliphatic carbocycles. The molecule has 0 bridgehead atoms. The van der Waals surface area contributed by atoms with Gasteiger partial charge in [0, 0.05) is 53.8 Å². The molecule has 0 aromatic rings. The topological polar surface area (TPSA) is 0 Å². The Balaban J connectivity index is -0.00000000785. The molecule has 0 aliphatic heterocycles. The Bertz CT molecular complexity index is 52.4. The van der Waals surface area contributed by atoms with Crippen LogP contribution in [0.5, 0.6) is 0 Å². The first-order valence-electron chi connectivity index (χ1n) is 3.35. The van der Waals surface area contributed by atoms with Crippen LogP contribution < -0.4 is 0 Å². The first-order chi connectivity index (χ1) is 3.73. The Morgan fingerprint density at radius 2 is 0.867 bits per heavy atom. The van der Waals surface area contributed by atoms with Gasteiger partial charge in [0.2, 0.25) is 0 Å². The minimum Gasteiger partial charge on any atom is -0.358 e. The molecule has 0 aromatic heterocycles. The molecule has 0 atom stereocenters. The van der Waals surface area contributed by atoms with Crippen molar-refractivity contribution >= 4 is 0 Å². The van der Waals surface area contributed by atoms with Crippen molar-refractivity contribution < 1.29 is 74.8 Å². The van der Waals surface area contributed by atoms with E-state index in [0.29, 0.717) is 0 Å². The zero-order valence-electron chi connectivity index (χ0n) is 12.0. The molecule has 99 valence electrons. The van der Waals surface area contributed by atoms with Gasteiger partial charge in [-0.1, -0.05) is 20.8 Å². The fraction of sp³-hybridized carbons (Fsp3) is 0.583. The summed E-state index contributed by atoms with van der Waals surface area (Å²) in [6.07, 6.45) is 0. The molecular weight excluding hydrogens is 612 g/mol. The summed E-state index contributed by atoms with van der Waals surface area (Å²) in [5.41, 5.74) is 0.250.